The van der Waals surface area contributed by atoms with Crippen LogP contribution in [0.5, 0.6) is 11.5 Å². The van der Waals surface area contributed by atoms with Gasteiger partial charge in [0.15, 0.2) is 5.92 Å². The number of hydrogen-bond donors (Lipinski definition) is 0. The van der Waals surface area contributed by atoms with Crippen molar-refractivity contribution in [3.63, 3.8) is 0 Å². The molecule has 1 rings (SSSR count). The maximum atomic E-state index is 12.0. The second-order valence-corrected chi connectivity index (χ2v) is 4.44. The molecule has 0 amide bonds. The minimum Gasteiger partial charge on any atom is -0.497 e. The van der Waals surface area contributed by atoms with Crippen molar-refractivity contribution in [2.75, 3.05) is 27.4 Å². The molecule has 0 N–H and O–H groups in total. The predicted octanol–water partition coefficient (Wildman–Crippen LogP) is 1.99. The summed E-state index contributed by atoms with van der Waals surface area (Å²) in [6, 6.07) is 5.19. The zero-order valence-electron chi connectivity index (χ0n) is 13.4. The Kier molecular flexibility index (Phi) is 7.22. The zero-order valence-corrected chi connectivity index (χ0v) is 13.4. The van der Waals surface area contributed by atoms with E-state index in [0.717, 1.165) is 0 Å². The van der Waals surface area contributed by atoms with Crippen LogP contribution in [0.3, 0.4) is 0 Å². The van der Waals surface area contributed by atoms with Crippen LogP contribution in [0.25, 0.3) is 0 Å². The summed E-state index contributed by atoms with van der Waals surface area (Å²) in [6.45, 7) is 3.78. The van der Waals surface area contributed by atoms with Gasteiger partial charge in [-0.25, -0.2) is 0 Å². The Bertz CT molecular complexity index is 493. The van der Waals surface area contributed by atoms with Gasteiger partial charge in [-0.1, -0.05) is 6.07 Å². The molecule has 0 aliphatic rings. The van der Waals surface area contributed by atoms with E-state index >= 15 is 0 Å². The van der Waals surface area contributed by atoms with E-state index in [1.807, 2.05) is 0 Å². The van der Waals surface area contributed by atoms with Crippen LogP contribution in [-0.2, 0) is 25.5 Å². The van der Waals surface area contributed by atoms with Gasteiger partial charge in [0.2, 0.25) is 0 Å². The normalized spacial score (nSPS) is 10.2. The Morgan fingerprint density at radius 2 is 1.59 bits per heavy atom. The summed E-state index contributed by atoms with van der Waals surface area (Å²) < 4.78 is 20.3. The third kappa shape index (κ3) is 4.65. The Labute approximate surface area is 130 Å². The quantitative estimate of drug-likeness (QED) is 0.540. The summed E-state index contributed by atoms with van der Waals surface area (Å²) in [6.07, 6.45) is 0.144. The second-order valence-electron chi connectivity index (χ2n) is 4.44. The Morgan fingerprint density at radius 3 is 2.05 bits per heavy atom. The Hall–Kier alpha value is -2.24. The smallest absolute Gasteiger partial charge is 0.320 e. The Morgan fingerprint density at radius 1 is 1.00 bits per heavy atom. The topological polar surface area (TPSA) is 71.1 Å². The highest BCUT2D eigenvalue weighted by atomic mass is 16.6. The molecule has 0 fully saturated rings. The van der Waals surface area contributed by atoms with Crippen LogP contribution in [-0.4, -0.2) is 39.4 Å². The number of rotatable bonds is 8. The number of ether oxygens (including phenoxy) is 4. The van der Waals surface area contributed by atoms with E-state index in [2.05, 4.69) is 0 Å². The summed E-state index contributed by atoms with van der Waals surface area (Å²) in [7, 11) is 3.07. The standard InChI is InChI=1S/C16H22O6/c1-5-21-15(17)13(16(18)22-6-2)9-11-7-8-12(19-3)10-14(11)20-4/h7-8,10,13H,5-6,9H2,1-4H3. The lowest BCUT2D eigenvalue weighted by Gasteiger charge is -2.16. The molecule has 1 aromatic rings. The fraction of sp³-hybridized carbons (Fsp3) is 0.500. The third-order valence-corrected chi connectivity index (χ3v) is 3.06. The minimum atomic E-state index is -1.01. The fourth-order valence-electron chi connectivity index (χ4n) is 1.99. The summed E-state index contributed by atoms with van der Waals surface area (Å²) in [5, 5.41) is 0. The molecular formula is C16H22O6. The summed E-state index contributed by atoms with van der Waals surface area (Å²) in [4.78, 5) is 24.0. The first kappa shape index (κ1) is 17.8. The molecule has 1 aromatic carbocycles. The first-order chi connectivity index (χ1) is 10.6. The lowest BCUT2D eigenvalue weighted by atomic mass is 9.98. The molecule has 6 heteroatoms. The van der Waals surface area contributed by atoms with Crippen molar-refractivity contribution in [2.24, 2.45) is 5.92 Å². The van der Waals surface area contributed by atoms with Crippen molar-refractivity contribution in [2.45, 2.75) is 20.3 Å². The highest BCUT2D eigenvalue weighted by molar-refractivity contribution is 5.95. The molecule has 0 unspecified atom stereocenters. The molecule has 0 saturated heterocycles. The van der Waals surface area contributed by atoms with Crippen molar-refractivity contribution >= 4 is 11.9 Å². The van der Waals surface area contributed by atoms with Gasteiger partial charge < -0.3 is 18.9 Å². The maximum Gasteiger partial charge on any atom is 0.320 e. The van der Waals surface area contributed by atoms with Crippen molar-refractivity contribution in [3.8, 4) is 11.5 Å². The van der Waals surface area contributed by atoms with E-state index in [1.54, 1.807) is 39.2 Å². The van der Waals surface area contributed by atoms with Gasteiger partial charge in [0.1, 0.15) is 11.5 Å². The van der Waals surface area contributed by atoms with E-state index in [0.29, 0.717) is 17.1 Å². The average molecular weight is 310 g/mol. The molecule has 0 bridgehead atoms. The first-order valence-corrected chi connectivity index (χ1v) is 7.11. The molecule has 0 aliphatic heterocycles. The van der Waals surface area contributed by atoms with Gasteiger partial charge in [-0.05, 0) is 31.9 Å². The number of esters is 2. The molecule has 0 aromatic heterocycles. The first-order valence-electron chi connectivity index (χ1n) is 7.11. The molecule has 0 radical (unpaired) electrons. The highest BCUT2D eigenvalue weighted by Gasteiger charge is 2.30. The molecule has 6 nitrogen and oxygen atoms in total. The van der Waals surface area contributed by atoms with Crippen molar-refractivity contribution in [3.05, 3.63) is 23.8 Å². The van der Waals surface area contributed by atoms with Crippen molar-refractivity contribution in [1.29, 1.82) is 0 Å². The van der Waals surface area contributed by atoms with E-state index in [4.69, 9.17) is 18.9 Å². The molecule has 0 saturated carbocycles. The second kappa shape index (κ2) is 8.92. The van der Waals surface area contributed by atoms with E-state index in [-0.39, 0.29) is 19.6 Å². The molecule has 122 valence electrons. The van der Waals surface area contributed by atoms with Crippen LogP contribution in [0.2, 0.25) is 0 Å². The van der Waals surface area contributed by atoms with Crippen LogP contribution in [0, 0.1) is 5.92 Å². The number of methoxy groups -OCH3 is 2. The maximum absolute atomic E-state index is 12.0. The largest absolute Gasteiger partial charge is 0.497 e. The lowest BCUT2D eigenvalue weighted by Crippen LogP contribution is -2.30. The monoisotopic (exact) mass is 310 g/mol. The highest BCUT2D eigenvalue weighted by Crippen LogP contribution is 2.27. The molecule has 0 spiro atoms. The third-order valence-electron chi connectivity index (χ3n) is 3.06. The lowest BCUT2D eigenvalue weighted by molar-refractivity contribution is -0.161. The van der Waals surface area contributed by atoms with Crippen LogP contribution >= 0.6 is 0 Å². The van der Waals surface area contributed by atoms with Gasteiger partial charge in [-0.3, -0.25) is 9.59 Å². The van der Waals surface area contributed by atoms with Gasteiger partial charge in [0.05, 0.1) is 27.4 Å². The van der Waals surface area contributed by atoms with Crippen molar-refractivity contribution in [1.82, 2.24) is 0 Å². The molecule has 0 atom stereocenters. The van der Waals surface area contributed by atoms with Gasteiger partial charge in [0.25, 0.3) is 0 Å². The van der Waals surface area contributed by atoms with Crippen LogP contribution in [0.4, 0.5) is 0 Å². The summed E-state index contributed by atoms with van der Waals surface area (Å²) in [5.41, 5.74) is 0.703. The predicted molar refractivity (Wildman–Crippen MR) is 80.0 cm³/mol. The number of carbonyl (C=O) groups excluding carboxylic acids is 2. The van der Waals surface area contributed by atoms with Crippen LogP contribution < -0.4 is 9.47 Å². The van der Waals surface area contributed by atoms with Crippen LogP contribution in [0.15, 0.2) is 18.2 Å². The molecule has 0 heterocycles. The fourth-order valence-corrected chi connectivity index (χ4v) is 1.99. The summed E-state index contributed by atoms with van der Waals surface area (Å²) >= 11 is 0. The van der Waals surface area contributed by atoms with E-state index in [9.17, 15) is 9.59 Å². The summed E-state index contributed by atoms with van der Waals surface area (Å²) in [5.74, 6) is -1.04. The number of carbonyl (C=O) groups is 2. The minimum absolute atomic E-state index is 0.144. The van der Waals surface area contributed by atoms with Gasteiger partial charge in [-0.15, -0.1) is 0 Å². The van der Waals surface area contributed by atoms with Crippen molar-refractivity contribution < 1.29 is 28.5 Å². The molecular weight excluding hydrogens is 288 g/mol. The zero-order chi connectivity index (χ0) is 16.5. The molecule has 22 heavy (non-hydrogen) atoms. The van der Waals surface area contributed by atoms with Gasteiger partial charge >= 0.3 is 11.9 Å². The number of benzene rings is 1. The molecule has 0 aliphatic carbocycles. The van der Waals surface area contributed by atoms with E-state index in [1.165, 1.54) is 7.11 Å². The Balaban J connectivity index is 3.02. The van der Waals surface area contributed by atoms with Gasteiger partial charge in [0, 0.05) is 6.07 Å². The van der Waals surface area contributed by atoms with Gasteiger partial charge in [-0.2, -0.15) is 0 Å². The SMILES string of the molecule is CCOC(=O)C(Cc1ccc(OC)cc1OC)C(=O)OCC. The number of hydrogen-bond acceptors (Lipinski definition) is 6. The van der Waals surface area contributed by atoms with Crippen LogP contribution in [0.1, 0.15) is 19.4 Å². The average Bonchev–Trinajstić information content (AvgIpc) is 2.52. The van der Waals surface area contributed by atoms with E-state index < -0.39 is 17.9 Å².